The van der Waals surface area contributed by atoms with Gasteiger partial charge in [0.05, 0.1) is 11.4 Å². The van der Waals surface area contributed by atoms with Crippen molar-refractivity contribution < 1.29 is 4.74 Å². The standard InChI is InChI=1S/C26H27N7O2/c1-18-22(17-27-26(28-18)33-14-12-32(2)13-15-33)23-16-24(34)31-25(30-23)29-19-8-10-21(11-9-19)35-20-6-4-3-5-7-20/h3-11,16-17H,12-15H2,1-2H3,(H2,29,30,31,34). The molecule has 9 nitrogen and oxygen atoms in total. The Morgan fingerprint density at radius 2 is 1.66 bits per heavy atom. The topological polar surface area (TPSA) is 99.3 Å². The Morgan fingerprint density at radius 1 is 0.943 bits per heavy atom. The molecule has 4 aromatic rings. The molecule has 0 aliphatic carbocycles. The number of aryl methyl sites for hydroxylation is 1. The Morgan fingerprint density at radius 3 is 2.37 bits per heavy atom. The first-order valence-electron chi connectivity index (χ1n) is 11.5. The van der Waals surface area contributed by atoms with Crippen LogP contribution in [0.5, 0.6) is 11.5 Å². The summed E-state index contributed by atoms with van der Waals surface area (Å²) in [6.45, 7) is 5.66. The molecule has 5 rings (SSSR count). The van der Waals surface area contributed by atoms with E-state index in [0.717, 1.165) is 48.9 Å². The lowest BCUT2D eigenvalue weighted by molar-refractivity contribution is 0.311. The van der Waals surface area contributed by atoms with Crippen molar-refractivity contribution in [3.8, 4) is 22.8 Å². The molecular weight excluding hydrogens is 442 g/mol. The van der Waals surface area contributed by atoms with E-state index in [9.17, 15) is 4.79 Å². The van der Waals surface area contributed by atoms with Crippen LogP contribution in [0.15, 0.2) is 71.7 Å². The maximum Gasteiger partial charge on any atom is 0.252 e. The molecule has 35 heavy (non-hydrogen) atoms. The molecule has 1 aliphatic heterocycles. The van der Waals surface area contributed by atoms with Crippen molar-refractivity contribution in [3.63, 3.8) is 0 Å². The van der Waals surface area contributed by atoms with Gasteiger partial charge in [-0.2, -0.15) is 0 Å². The van der Waals surface area contributed by atoms with Gasteiger partial charge in [-0.25, -0.2) is 15.0 Å². The van der Waals surface area contributed by atoms with Crippen LogP contribution in [0.1, 0.15) is 5.69 Å². The number of nitrogens with zero attached hydrogens (tertiary/aromatic N) is 5. The van der Waals surface area contributed by atoms with Crippen LogP contribution >= 0.6 is 0 Å². The number of nitrogens with one attached hydrogen (secondary N) is 2. The summed E-state index contributed by atoms with van der Waals surface area (Å²) < 4.78 is 5.83. The molecule has 1 saturated heterocycles. The molecule has 2 N–H and O–H groups in total. The Kier molecular flexibility index (Phi) is 6.40. The zero-order valence-corrected chi connectivity index (χ0v) is 19.7. The molecule has 0 unspecified atom stereocenters. The van der Waals surface area contributed by atoms with E-state index in [-0.39, 0.29) is 5.56 Å². The third-order valence-corrected chi connectivity index (χ3v) is 5.87. The van der Waals surface area contributed by atoms with Crippen molar-refractivity contribution in [1.29, 1.82) is 0 Å². The van der Waals surface area contributed by atoms with Gasteiger partial charge in [-0.1, -0.05) is 18.2 Å². The van der Waals surface area contributed by atoms with E-state index in [0.29, 0.717) is 23.3 Å². The molecule has 1 fully saturated rings. The van der Waals surface area contributed by atoms with Crippen molar-refractivity contribution >= 4 is 17.6 Å². The van der Waals surface area contributed by atoms with Crippen LogP contribution in [0.4, 0.5) is 17.6 Å². The van der Waals surface area contributed by atoms with E-state index in [1.54, 1.807) is 6.20 Å². The van der Waals surface area contributed by atoms with E-state index in [1.165, 1.54) is 6.07 Å². The number of hydrogen-bond acceptors (Lipinski definition) is 8. The minimum atomic E-state index is -0.260. The third kappa shape index (κ3) is 5.47. The fourth-order valence-electron chi connectivity index (χ4n) is 3.89. The predicted molar refractivity (Wildman–Crippen MR) is 137 cm³/mol. The van der Waals surface area contributed by atoms with E-state index in [2.05, 4.69) is 37.1 Å². The second kappa shape index (κ2) is 9.94. The maximum atomic E-state index is 12.4. The van der Waals surface area contributed by atoms with Crippen molar-refractivity contribution in [3.05, 3.63) is 82.9 Å². The Bertz CT molecular complexity index is 1350. The average molecular weight is 470 g/mol. The summed E-state index contributed by atoms with van der Waals surface area (Å²) in [7, 11) is 2.11. The lowest BCUT2D eigenvalue weighted by atomic mass is 10.2. The number of hydrogen-bond donors (Lipinski definition) is 2. The average Bonchev–Trinajstić information content (AvgIpc) is 2.86. The summed E-state index contributed by atoms with van der Waals surface area (Å²) in [5.41, 5.74) is 2.53. The molecule has 3 heterocycles. The Labute approximate surface area is 203 Å². The van der Waals surface area contributed by atoms with Gasteiger partial charge in [-0.3, -0.25) is 9.78 Å². The summed E-state index contributed by atoms with van der Waals surface area (Å²) >= 11 is 0. The van der Waals surface area contributed by atoms with Crippen molar-refractivity contribution in [2.75, 3.05) is 43.4 Å². The van der Waals surface area contributed by atoms with Gasteiger partial charge in [0.1, 0.15) is 11.5 Å². The molecule has 0 spiro atoms. The molecule has 1 aliphatic rings. The van der Waals surface area contributed by atoms with Gasteiger partial charge in [0.15, 0.2) is 0 Å². The van der Waals surface area contributed by atoms with Gasteiger partial charge < -0.3 is 19.9 Å². The van der Waals surface area contributed by atoms with Crippen LogP contribution < -0.4 is 20.5 Å². The SMILES string of the molecule is Cc1nc(N2CCN(C)CC2)ncc1-c1cc(=O)[nH]c(Nc2ccc(Oc3ccccc3)cc2)n1. The van der Waals surface area contributed by atoms with Crippen LogP contribution in [0.25, 0.3) is 11.3 Å². The normalized spacial score (nSPS) is 14.1. The number of benzene rings is 2. The smallest absolute Gasteiger partial charge is 0.252 e. The maximum absolute atomic E-state index is 12.4. The largest absolute Gasteiger partial charge is 0.457 e. The highest BCUT2D eigenvalue weighted by molar-refractivity contribution is 5.64. The number of aromatic nitrogens is 4. The summed E-state index contributed by atoms with van der Waals surface area (Å²) in [5, 5.41) is 3.16. The first-order chi connectivity index (χ1) is 17.0. The summed E-state index contributed by atoms with van der Waals surface area (Å²) in [6, 6.07) is 18.5. The molecule has 0 radical (unpaired) electrons. The second-order valence-electron chi connectivity index (χ2n) is 8.50. The fraction of sp³-hybridized carbons (Fsp3) is 0.231. The van der Waals surface area contributed by atoms with Crippen molar-refractivity contribution in [2.24, 2.45) is 0 Å². The number of ether oxygens (including phenoxy) is 1. The van der Waals surface area contributed by atoms with E-state index < -0.39 is 0 Å². The number of piperazine rings is 1. The van der Waals surface area contributed by atoms with E-state index in [4.69, 9.17) is 9.72 Å². The van der Waals surface area contributed by atoms with Crippen LogP contribution in [0.3, 0.4) is 0 Å². The summed E-state index contributed by atoms with van der Waals surface area (Å²) in [6.07, 6.45) is 1.75. The fourth-order valence-corrected chi connectivity index (χ4v) is 3.89. The molecule has 2 aromatic carbocycles. The number of para-hydroxylation sites is 1. The Hall–Kier alpha value is -4.24. The first-order valence-corrected chi connectivity index (χ1v) is 11.5. The second-order valence-corrected chi connectivity index (χ2v) is 8.50. The molecule has 2 aromatic heterocycles. The number of aromatic amines is 1. The van der Waals surface area contributed by atoms with Crippen LogP contribution in [-0.2, 0) is 0 Å². The van der Waals surface area contributed by atoms with Gasteiger partial charge in [0.25, 0.3) is 5.56 Å². The Balaban J connectivity index is 1.32. The minimum Gasteiger partial charge on any atom is -0.457 e. The quantitative estimate of drug-likeness (QED) is 0.440. The highest BCUT2D eigenvalue weighted by Crippen LogP contribution is 2.25. The number of rotatable bonds is 6. The molecule has 0 bridgehead atoms. The highest BCUT2D eigenvalue weighted by Gasteiger charge is 2.18. The van der Waals surface area contributed by atoms with Gasteiger partial charge in [0, 0.05) is 49.7 Å². The highest BCUT2D eigenvalue weighted by atomic mass is 16.5. The monoisotopic (exact) mass is 469 g/mol. The molecule has 178 valence electrons. The molecular formula is C26H27N7O2. The molecule has 9 heteroatoms. The lowest BCUT2D eigenvalue weighted by Crippen LogP contribution is -2.45. The van der Waals surface area contributed by atoms with Gasteiger partial charge in [-0.15, -0.1) is 0 Å². The molecule has 0 atom stereocenters. The van der Waals surface area contributed by atoms with Gasteiger partial charge in [0.2, 0.25) is 11.9 Å². The lowest BCUT2D eigenvalue weighted by Gasteiger charge is -2.32. The van der Waals surface area contributed by atoms with Crippen molar-refractivity contribution in [1.82, 2.24) is 24.8 Å². The van der Waals surface area contributed by atoms with Gasteiger partial charge in [-0.05, 0) is 50.4 Å². The summed E-state index contributed by atoms with van der Waals surface area (Å²) in [4.78, 5) is 33.5. The molecule has 0 amide bonds. The summed E-state index contributed by atoms with van der Waals surface area (Å²) in [5.74, 6) is 2.53. The van der Waals surface area contributed by atoms with Crippen LogP contribution in [-0.4, -0.2) is 58.1 Å². The zero-order valence-electron chi connectivity index (χ0n) is 19.7. The third-order valence-electron chi connectivity index (χ3n) is 5.87. The zero-order chi connectivity index (χ0) is 24.2. The number of H-pyrrole nitrogens is 1. The molecule has 0 saturated carbocycles. The predicted octanol–water partition coefficient (Wildman–Crippen LogP) is 3.82. The van der Waals surface area contributed by atoms with Crippen LogP contribution in [0, 0.1) is 6.92 Å². The van der Waals surface area contributed by atoms with E-state index in [1.807, 2.05) is 61.5 Å². The minimum absolute atomic E-state index is 0.260. The first kappa shape index (κ1) is 22.5. The van der Waals surface area contributed by atoms with Crippen molar-refractivity contribution in [2.45, 2.75) is 6.92 Å². The van der Waals surface area contributed by atoms with Crippen LogP contribution in [0.2, 0.25) is 0 Å². The number of likely N-dealkylation sites (N-methyl/N-ethyl adjacent to an activating group) is 1. The van der Waals surface area contributed by atoms with Gasteiger partial charge >= 0.3 is 0 Å². The van der Waals surface area contributed by atoms with E-state index >= 15 is 0 Å². The number of anilines is 3.